The molecule has 1 aliphatic rings. The number of benzene rings is 3. The van der Waals surface area contributed by atoms with Crippen molar-refractivity contribution < 1.29 is 9.72 Å². The van der Waals surface area contributed by atoms with E-state index in [1.165, 1.54) is 17.1 Å². The fourth-order valence-electron chi connectivity index (χ4n) is 3.85. The van der Waals surface area contributed by atoms with Gasteiger partial charge >= 0.3 is 0 Å². The molecular formula is C26H25N5O3. The number of hydrogen-bond donors (Lipinski definition) is 0. The van der Waals surface area contributed by atoms with Gasteiger partial charge in [-0.1, -0.05) is 18.2 Å². The third-order valence-corrected chi connectivity index (χ3v) is 5.71. The Morgan fingerprint density at radius 3 is 2.26 bits per heavy atom. The molecule has 0 bridgehead atoms. The van der Waals surface area contributed by atoms with Crippen LogP contribution < -0.4 is 9.91 Å². The second-order valence-electron chi connectivity index (χ2n) is 7.81. The second kappa shape index (κ2) is 9.66. The van der Waals surface area contributed by atoms with Gasteiger partial charge in [0.25, 0.3) is 11.6 Å². The first-order valence-electron chi connectivity index (χ1n) is 11.1. The molecule has 0 aliphatic carbocycles. The van der Waals surface area contributed by atoms with Crippen molar-refractivity contribution in [3.63, 3.8) is 0 Å². The molecule has 0 aromatic heterocycles. The summed E-state index contributed by atoms with van der Waals surface area (Å²) in [5.41, 5.74) is 4.43. The highest BCUT2D eigenvalue weighted by Crippen LogP contribution is 2.28. The molecule has 8 heteroatoms. The zero-order valence-electron chi connectivity index (χ0n) is 19.3. The summed E-state index contributed by atoms with van der Waals surface area (Å²) in [6, 6.07) is 21.0. The van der Waals surface area contributed by atoms with E-state index in [0.29, 0.717) is 22.6 Å². The predicted molar refractivity (Wildman–Crippen MR) is 135 cm³/mol. The third kappa shape index (κ3) is 4.43. The van der Waals surface area contributed by atoms with Crippen molar-refractivity contribution in [2.45, 2.75) is 20.8 Å². The van der Waals surface area contributed by atoms with Crippen LogP contribution in [0.4, 0.5) is 22.7 Å². The maximum atomic E-state index is 13.4. The van der Waals surface area contributed by atoms with Gasteiger partial charge in [-0.15, -0.1) is 0 Å². The monoisotopic (exact) mass is 455 g/mol. The number of hydrazone groups is 1. The van der Waals surface area contributed by atoms with Crippen LogP contribution in [0.1, 0.15) is 25.0 Å². The van der Waals surface area contributed by atoms with E-state index < -0.39 is 4.92 Å². The molecule has 4 rings (SSSR count). The fourth-order valence-corrected chi connectivity index (χ4v) is 3.85. The van der Waals surface area contributed by atoms with Gasteiger partial charge in [-0.25, -0.2) is 4.99 Å². The van der Waals surface area contributed by atoms with E-state index in [0.717, 1.165) is 24.3 Å². The first kappa shape index (κ1) is 22.8. The van der Waals surface area contributed by atoms with Crippen LogP contribution in [-0.2, 0) is 4.79 Å². The van der Waals surface area contributed by atoms with Crippen molar-refractivity contribution in [2.24, 2.45) is 10.1 Å². The number of non-ortho nitro benzene ring substituents is 1. The first-order chi connectivity index (χ1) is 16.4. The Labute approximate surface area is 198 Å². The molecule has 3 aromatic rings. The highest BCUT2D eigenvalue weighted by atomic mass is 16.6. The lowest BCUT2D eigenvalue weighted by molar-refractivity contribution is -0.384. The van der Waals surface area contributed by atoms with Gasteiger partial charge in [0.15, 0.2) is 5.71 Å². The fraction of sp³-hybridized carbons (Fsp3) is 0.192. The van der Waals surface area contributed by atoms with Crippen molar-refractivity contribution in [3.05, 3.63) is 94.0 Å². The van der Waals surface area contributed by atoms with Gasteiger partial charge < -0.3 is 4.90 Å². The van der Waals surface area contributed by atoms with E-state index in [2.05, 4.69) is 29.9 Å². The van der Waals surface area contributed by atoms with E-state index in [1.807, 2.05) is 37.3 Å². The van der Waals surface area contributed by atoms with Gasteiger partial charge in [0.1, 0.15) is 5.71 Å². The molecule has 0 spiro atoms. The standard InChI is InChI=1S/C26H25N5O3/c1-4-29(5-2)22-15-16-23(18(3)17-22)27-25-24(19-11-13-21(14-12-19)31(33)34)28-30(26(25)32)20-9-7-6-8-10-20/h6-17H,4-5H2,1-3H3. The Balaban J connectivity index is 1.79. The normalized spacial score (nSPS) is 14.4. The Kier molecular flexibility index (Phi) is 6.49. The average Bonchev–Trinajstić information content (AvgIpc) is 3.18. The van der Waals surface area contributed by atoms with Crippen LogP contribution in [-0.4, -0.2) is 35.3 Å². The van der Waals surface area contributed by atoms with Gasteiger partial charge in [-0.3, -0.25) is 14.9 Å². The minimum atomic E-state index is -0.461. The molecule has 1 aliphatic heterocycles. The Morgan fingerprint density at radius 2 is 1.68 bits per heavy atom. The summed E-state index contributed by atoms with van der Waals surface area (Å²) in [7, 11) is 0. The molecule has 34 heavy (non-hydrogen) atoms. The molecule has 1 amide bonds. The first-order valence-corrected chi connectivity index (χ1v) is 11.1. The quantitative estimate of drug-likeness (QED) is 0.358. The number of carbonyl (C=O) groups excluding carboxylic acids is 1. The zero-order valence-corrected chi connectivity index (χ0v) is 19.3. The van der Waals surface area contributed by atoms with E-state index in [-0.39, 0.29) is 17.3 Å². The smallest absolute Gasteiger partial charge is 0.299 e. The summed E-state index contributed by atoms with van der Waals surface area (Å²) in [6.45, 7) is 7.96. The minimum Gasteiger partial charge on any atom is -0.372 e. The van der Waals surface area contributed by atoms with Gasteiger partial charge in [-0.05, 0) is 68.8 Å². The van der Waals surface area contributed by atoms with E-state index in [9.17, 15) is 14.9 Å². The maximum Gasteiger partial charge on any atom is 0.299 e. The molecule has 0 saturated carbocycles. The van der Waals surface area contributed by atoms with Crippen LogP contribution in [0.25, 0.3) is 0 Å². The van der Waals surface area contributed by atoms with Crippen LogP contribution in [0, 0.1) is 17.0 Å². The lowest BCUT2D eigenvalue weighted by Crippen LogP contribution is -2.27. The molecule has 0 radical (unpaired) electrons. The zero-order chi connectivity index (χ0) is 24.2. The third-order valence-electron chi connectivity index (χ3n) is 5.71. The summed E-state index contributed by atoms with van der Waals surface area (Å²) in [4.78, 5) is 31.0. The Morgan fingerprint density at radius 1 is 1.00 bits per heavy atom. The molecule has 0 saturated heterocycles. The van der Waals surface area contributed by atoms with Crippen molar-refractivity contribution in [1.29, 1.82) is 0 Å². The maximum absolute atomic E-state index is 13.4. The van der Waals surface area contributed by atoms with Crippen LogP contribution in [0.15, 0.2) is 82.9 Å². The molecule has 172 valence electrons. The van der Waals surface area contributed by atoms with Crippen molar-refractivity contribution in [2.75, 3.05) is 23.0 Å². The van der Waals surface area contributed by atoms with E-state index >= 15 is 0 Å². The number of nitrogens with zero attached hydrogens (tertiary/aromatic N) is 5. The largest absolute Gasteiger partial charge is 0.372 e. The number of nitro groups is 1. The highest BCUT2D eigenvalue weighted by molar-refractivity contribution is 6.74. The lowest BCUT2D eigenvalue weighted by atomic mass is 10.0. The van der Waals surface area contributed by atoms with Crippen LogP contribution >= 0.6 is 0 Å². The summed E-state index contributed by atoms with van der Waals surface area (Å²) >= 11 is 0. The van der Waals surface area contributed by atoms with Crippen molar-refractivity contribution in [3.8, 4) is 0 Å². The average molecular weight is 456 g/mol. The molecular weight excluding hydrogens is 430 g/mol. The van der Waals surface area contributed by atoms with Crippen molar-refractivity contribution in [1.82, 2.24) is 0 Å². The summed E-state index contributed by atoms with van der Waals surface area (Å²) in [5, 5.41) is 16.9. The summed E-state index contributed by atoms with van der Waals surface area (Å²) in [6.07, 6.45) is 0. The Hall–Kier alpha value is -4.33. The SMILES string of the molecule is CCN(CC)c1ccc(N=C2C(=O)N(c3ccccc3)N=C2c2ccc([N+](=O)[O-])cc2)c(C)c1. The highest BCUT2D eigenvalue weighted by Gasteiger charge is 2.34. The van der Waals surface area contributed by atoms with Gasteiger partial charge in [-0.2, -0.15) is 10.1 Å². The van der Waals surface area contributed by atoms with Crippen LogP contribution in [0.3, 0.4) is 0 Å². The number of rotatable bonds is 7. The number of anilines is 2. The van der Waals surface area contributed by atoms with E-state index in [4.69, 9.17) is 4.99 Å². The number of hydrogen-bond acceptors (Lipinski definition) is 6. The summed E-state index contributed by atoms with van der Waals surface area (Å²) in [5.74, 6) is -0.355. The minimum absolute atomic E-state index is 0.0325. The molecule has 0 atom stereocenters. The van der Waals surface area contributed by atoms with E-state index in [1.54, 1.807) is 24.3 Å². The number of aryl methyl sites for hydroxylation is 1. The Bertz CT molecular complexity index is 1280. The van der Waals surface area contributed by atoms with Gasteiger partial charge in [0.05, 0.1) is 16.3 Å². The predicted octanol–water partition coefficient (Wildman–Crippen LogP) is 5.27. The van der Waals surface area contributed by atoms with Crippen LogP contribution in [0.2, 0.25) is 0 Å². The summed E-state index contributed by atoms with van der Waals surface area (Å²) < 4.78 is 0. The van der Waals surface area contributed by atoms with Gasteiger partial charge in [0.2, 0.25) is 0 Å². The second-order valence-corrected chi connectivity index (χ2v) is 7.81. The number of nitro benzene ring substituents is 1. The number of para-hydroxylation sites is 1. The molecule has 0 N–H and O–H groups in total. The number of aliphatic imine (C=N–C) groups is 1. The lowest BCUT2D eigenvalue weighted by Gasteiger charge is -2.21. The molecule has 1 heterocycles. The number of amides is 1. The molecule has 8 nitrogen and oxygen atoms in total. The molecule has 3 aromatic carbocycles. The molecule has 0 unspecified atom stereocenters. The van der Waals surface area contributed by atoms with Crippen LogP contribution in [0.5, 0.6) is 0 Å². The van der Waals surface area contributed by atoms with Crippen molar-refractivity contribution >= 4 is 40.1 Å². The number of carbonyl (C=O) groups is 1. The van der Waals surface area contributed by atoms with Gasteiger partial charge in [0, 0.05) is 36.5 Å². The molecule has 0 fully saturated rings. The topological polar surface area (TPSA) is 91.4 Å².